The second kappa shape index (κ2) is 6.48. The van der Waals surface area contributed by atoms with Crippen LogP contribution in [0.2, 0.25) is 0 Å². The standard InChI is InChI=1S/C11H19N3O/c1-10(2)8-14(9-15)7-4-11-12-5-3-6-13-11/h3,5-6,10,15H,4,7-9H2,1-2H3. The van der Waals surface area contributed by atoms with Crippen molar-refractivity contribution in [2.24, 2.45) is 5.92 Å². The van der Waals surface area contributed by atoms with Crippen LogP contribution in [0.5, 0.6) is 0 Å². The van der Waals surface area contributed by atoms with Crippen LogP contribution in [-0.4, -0.2) is 39.8 Å². The molecule has 15 heavy (non-hydrogen) atoms. The molecule has 4 nitrogen and oxygen atoms in total. The van der Waals surface area contributed by atoms with E-state index in [0.717, 1.165) is 25.3 Å². The van der Waals surface area contributed by atoms with E-state index in [1.54, 1.807) is 18.5 Å². The van der Waals surface area contributed by atoms with Crippen LogP contribution in [0.1, 0.15) is 19.7 Å². The first kappa shape index (κ1) is 12.1. The van der Waals surface area contributed by atoms with Gasteiger partial charge in [0.1, 0.15) is 5.82 Å². The molecule has 1 aromatic rings. The molecule has 1 heterocycles. The summed E-state index contributed by atoms with van der Waals surface area (Å²) in [7, 11) is 0. The van der Waals surface area contributed by atoms with E-state index in [4.69, 9.17) is 5.11 Å². The van der Waals surface area contributed by atoms with E-state index in [2.05, 4.69) is 23.8 Å². The SMILES string of the molecule is CC(C)CN(CO)CCc1ncccn1. The number of hydrogen-bond acceptors (Lipinski definition) is 4. The van der Waals surface area contributed by atoms with Crippen molar-refractivity contribution < 1.29 is 5.11 Å². The van der Waals surface area contributed by atoms with Gasteiger partial charge < -0.3 is 5.11 Å². The van der Waals surface area contributed by atoms with Crippen molar-refractivity contribution in [3.8, 4) is 0 Å². The molecule has 0 atom stereocenters. The van der Waals surface area contributed by atoms with Gasteiger partial charge in [0, 0.05) is 31.9 Å². The van der Waals surface area contributed by atoms with Gasteiger partial charge in [-0.15, -0.1) is 0 Å². The smallest absolute Gasteiger partial charge is 0.129 e. The van der Waals surface area contributed by atoms with E-state index >= 15 is 0 Å². The Kier molecular flexibility index (Phi) is 5.21. The van der Waals surface area contributed by atoms with Gasteiger partial charge in [-0.2, -0.15) is 0 Å². The van der Waals surface area contributed by atoms with E-state index in [1.807, 2.05) is 4.90 Å². The number of aromatic nitrogens is 2. The average Bonchev–Trinajstić information content (AvgIpc) is 2.25. The molecule has 0 unspecified atom stereocenters. The van der Waals surface area contributed by atoms with Crippen molar-refractivity contribution >= 4 is 0 Å². The molecule has 0 bridgehead atoms. The Labute approximate surface area is 91.0 Å². The van der Waals surface area contributed by atoms with Crippen molar-refractivity contribution in [2.45, 2.75) is 20.3 Å². The maximum atomic E-state index is 9.14. The first-order chi connectivity index (χ1) is 7.22. The van der Waals surface area contributed by atoms with Crippen molar-refractivity contribution in [3.63, 3.8) is 0 Å². The van der Waals surface area contributed by atoms with Crippen LogP contribution in [0.3, 0.4) is 0 Å². The second-order valence-corrected chi connectivity index (χ2v) is 4.03. The van der Waals surface area contributed by atoms with Gasteiger partial charge >= 0.3 is 0 Å². The molecule has 1 N–H and O–H groups in total. The number of rotatable bonds is 6. The van der Waals surface area contributed by atoms with E-state index in [0.29, 0.717) is 5.92 Å². The van der Waals surface area contributed by atoms with Crippen LogP contribution in [0.4, 0.5) is 0 Å². The Morgan fingerprint density at radius 3 is 2.53 bits per heavy atom. The summed E-state index contributed by atoms with van der Waals surface area (Å²) < 4.78 is 0. The van der Waals surface area contributed by atoms with E-state index in [-0.39, 0.29) is 6.73 Å². The van der Waals surface area contributed by atoms with Crippen LogP contribution in [-0.2, 0) is 6.42 Å². The highest BCUT2D eigenvalue weighted by Gasteiger charge is 2.06. The minimum Gasteiger partial charge on any atom is -0.381 e. The highest BCUT2D eigenvalue weighted by atomic mass is 16.3. The van der Waals surface area contributed by atoms with Crippen molar-refractivity contribution in [1.82, 2.24) is 14.9 Å². The van der Waals surface area contributed by atoms with Gasteiger partial charge in [0.2, 0.25) is 0 Å². The molecule has 1 aromatic heterocycles. The van der Waals surface area contributed by atoms with Gasteiger partial charge in [0.05, 0.1) is 6.73 Å². The molecule has 4 heteroatoms. The molecule has 0 aliphatic rings. The van der Waals surface area contributed by atoms with Gasteiger partial charge in [-0.3, -0.25) is 4.90 Å². The Balaban J connectivity index is 2.34. The van der Waals surface area contributed by atoms with Crippen LogP contribution in [0, 0.1) is 5.92 Å². The fourth-order valence-electron chi connectivity index (χ4n) is 1.45. The van der Waals surface area contributed by atoms with Gasteiger partial charge in [-0.1, -0.05) is 13.8 Å². The maximum absolute atomic E-state index is 9.14. The molecule has 84 valence electrons. The molecule has 0 fully saturated rings. The van der Waals surface area contributed by atoms with Gasteiger partial charge in [-0.05, 0) is 12.0 Å². The van der Waals surface area contributed by atoms with Crippen LogP contribution in [0.25, 0.3) is 0 Å². The number of aliphatic hydroxyl groups is 1. The van der Waals surface area contributed by atoms with Crippen LogP contribution < -0.4 is 0 Å². The summed E-state index contributed by atoms with van der Waals surface area (Å²) in [5, 5.41) is 9.14. The third kappa shape index (κ3) is 4.85. The van der Waals surface area contributed by atoms with Crippen LogP contribution in [0.15, 0.2) is 18.5 Å². The minimum atomic E-state index is 0.102. The molecule has 0 amide bonds. The zero-order valence-electron chi connectivity index (χ0n) is 9.43. The number of hydrogen-bond donors (Lipinski definition) is 1. The number of aliphatic hydroxyl groups excluding tert-OH is 1. The van der Waals surface area contributed by atoms with Gasteiger partial charge in [0.15, 0.2) is 0 Å². The zero-order chi connectivity index (χ0) is 11.1. The van der Waals surface area contributed by atoms with E-state index in [1.165, 1.54) is 0 Å². The van der Waals surface area contributed by atoms with Gasteiger partial charge in [0.25, 0.3) is 0 Å². The molecule has 0 saturated heterocycles. The molecular formula is C11H19N3O. The monoisotopic (exact) mass is 209 g/mol. The lowest BCUT2D eigenvalue weighted by atomic mass is 10.2. The normalized spacial score (nSPS) is 11.3. The summed E-state index contributed by atoms with van der Waals surface area (Å²) in [6.07, 6.45) is 4.27. The molecule has 0 aliphatic heterocycles. The summed E-state index contributed by atoms with van der Waals surface area (Å²) in [5.41, 5.74) is 0. The quantitative estimate of drug-likeness (QED) is 0.708. The third-order valence-electron chi connectivity index (χ3n) is 2.09. The molecule has 0 aromatic carbocycles. The third-order valence-corrected chi connectivity index (χ3v) is 2.09. The van der Waals surface area contributed by atoms with Crippen LogP contribution >= 0.6 is 0 Å². The lowest BCUT2D eigenvalue weighted by Crippen LogP contribution is -2.31. The first-order valence-electron chi connectivity index (χ1n) is 5.31. The molecule has 0 spiro atoms. The molecule has 1 rings (SSSR count). The highest BCUT2D eigenvalue weighted by Crippen LogP contribution is 1.99. The van der Waals surface area contributed by atoms with E-state index in [9.17, 15) is 0 Å². The van der Waals surface area contributed by atoms with E-state index < -0.39 is 0 Å². The molecular weight excluding hydrogens is 190 g/mol. The molecule has 0 saturated carbocycles. The first-order valence-corrected chi connectivity index (χ1v) is 5.31. The topological polar surface area (TPSA) is 49.2 Å². The molecule has 0 aliphatic carbocycles. The number of nitrogens with zero attached hydrogens (tertiary/aromatic N) is 3. The summed E-state index contributed by atoms with van der Waals surface area (Å²) in [5.74, 6) is 1.40. The second-order valence-electron chi connectivity index (χ2n) is 4.03. The molecule has 0 radical (unpaired) electrons. The summed E-state index contributed by atoms with van der Waals surface area (Å²) in [4.78, 5) is 10.3. The maximum Gasteiger partial charge on any atom is 0.129 e. The Hall–Kier alpha value is -1.00. The summed E-state index contributed by atoms with van der Waals surface area (Å²) >= 11 is 0. The summed E-state index contributed by atoms with van der Waals surface area (Å²) in [6, 6.07) is 1.81. The fraction of sp³-hybridized carbons (Fsp3) is 0.636. The van der Waals surface area contributed by atoms with Crippen molar-refractivity contribution in [1.29, 1.82) is 0 Å². The zero-order valence-corrected chi connectivity index (χ0v) is 9.43. The lowest BCUT2D eigenvalue weighted by Gasteiger charge is -2.20. The predicted octanol–water partition coefficient (Wildman–Crippen LogP) is 0.927. The Bertz CT molecular complexity index is 264. The fourth-order valence-corrected chi connectivity index (χ4v) is 1.45. The summed E-state index contributed by atoms with van der Waals surface area (Å²) in [6.45, 7) is 6.09. The van der Waals surface area contributed by atoms with Crippen molar-refractivity contribution in [2.75, 3.05) is 19.8 Å². The Morgan fingerprint density at radius 2 is 2.00 bits per heavy atom. The van der Waals surface area contributed by atoms with Crippen molar-refractivity contribution in [3.05, 3.63) is 24.3 Å². The minimum absolute atomic E-state index is 0.102. The lowest BCUT2D eigenvalue weighted by molar-refractivity contribution is 0.0966. The van der Waals surface area contributed by atoms with Gasteiger partial charge in [-0.25, -0.2) is 9.97 Å². The highest BCUT2D eigenvalue weighted by molar-refractivity contribution is 4.89. The largest absolute Gasteiger partial charge is 0.381 e. The predicted molar refractivity (Wildman–Crippen MR) is 59.2 cm³/mol. The average molecular weight is 209 g/mol. The Morgan fingerprint density at radius 1 is 1.33 bits per heavy atom.